The van der Waals surface area contributed by atoms with Crippen molar-refractivity contribution in [1.29, 1.82) is 0 Å². The van der Waals surface area contributed by atoms with Gasteiger partial charge in [0.2, 0.25) is 11.8 Å². The van der Waals surface area contributed by atoms with Gasteiger partial charge >= 0.3 is 0 Å². The van der Waals surface area contributed by atoms with Gasteiger partial charge in [0.25, 0.3) is 0 Å². The molecule has 1 fully saturated rings. The molecule has 5 nitrogen and oxygen atoms in total. The fourth-order valence-corrected chi connectivity index (χ4v) is 3.21. The number of carbonyl (C=O) groups is 2. The van der Waals surface area contributed by atoms with Crippen molar-refractivity contribution in [2.45, 2.75) is 38.6 Å². The van der Waals surface area contributed by atoms with Crippen molar-refractivity contribution in [3.8, 4) is 0 Å². The van der Waals surface area contributed by atoms with Crippen LogP contribution in [0.3, 0.4) is 0 Å². The number of benzene rings is 1. The zero-order valence-corrected chi connectivity index (χ0v) is 14.4. The second-order valence-corrected chi connectivity index (χ2v) is 6.29. The molecule has 2 heterocycles. The van der Waals surface area contributed by atoms with Gasteiger partial charge in [0.1, 0.15) is 0 Å². The van der Waals surface area contributed by atoms with Crippen molar-refractivity contribution in [2.24, 2.45) is 0 Å². The largest absolute Gasteiger partial charge is 0.351 e. The Bertz CT molecular complexity index is 746. The van der Waals surface area contributed by atoms with Gasteiger partial charge in [-0.1, -0.05) is 37.3 Å². The number of nitrogens with zero attached hydrogens (tertiary/aromatic N) is 2. The Hall–Kier alpha value is -2.69. The van der Waals surface area contributed by atoms with Gasteiger partial charge in [0, 0.05) is 25.7 Å². The highest BCUT2D eigenvalue weighted by molar-refractivity contribution is 5.95. The normalized spacial score (nSPS) is 15.2. The average Bonchev–Trinajstić information content (AvgIpc) is 3.08. The van der Waals surface area contributed by atoms with Crippen LogP contribution in [0.15, 0.2) is 48.8 Å². The van der Waals surface area contributed by atoms with E-state index in [0.717, 1.165) is 36.2 Å². The van der Waals surface area contributed by atoms with E-state index in [1.54, 1.807) is 17.3 Å². The molecule has 0 saturated carbocycles. The number of anilines is 1. The third kappa shape index (κ3) is 4.05. The second-order valence-electron chi connectivity index (χ2n) is 6.29. The van der Waals surface area contributed by atoms with Crippen LogP contribution in [0.2, 0.25) is 0 Å². The smallest absolute Gasteiger partial charge is 0.227 e. The van der Waals surface area contributed by atoms with Crippen LogP contribution in [0.1, 0.15) is 43.2 Å². The molecule has 1 aliphatic rings. The van der Waals surface area contributed by atoms with Gasteiger partial charge in [-0.3, -0.25) is 14.6 Å². The van der Waals surface area contributed by atoms with Gasteiger partial charge in [-0.05, 0) is 30.0 Å². The van der Waals surface area contributed by atoms with Crippen LogP contribution in [-0.4, -0.2) is 23.3 Å². The summed E-state index contributed by atoms with van der Waals surface area (Å²) in [5, 5.41) is 3.00. The van der Waals surface area contributed by atoms with Crippen LogP contribution in [-0.2, 0) is 16.1 Å². The zero-order valence-electron chi connectivity index (χ0n) is 14.4. The number of pyridine rings is 1. The molecule has 0 radical (unpaired) electrons. The van der Waals surface area contributed by atoms with Crippen LogP contribution in [0.5, 0.6) is 0 Å². The van der Waals surface area contributed by atoms with E-state index in [9.17, 15) is 9.59 Å². The molecular formula is C20H23N3O2. The number of hydrogen-bond acceptors (Lipinski definition) is 3. The third-order valence-electron chi connectivity index (χ3n) is 4.56. The predicted octanol–water partition coefficient (Wildman–Crippen LogP) is 3.02. The van der Waals surface area contributed by atoms with Crippen molar-refractivity contribution >= 4 is 17.5 Å². The van der Waals surface area contributed by atoms with E-state index in [0.29, 0.717) is 13.0 Å². The van der Waals surface area contributed by atoms with Crippen molar-refractivity contribution in [3.63, 3.8) is 0 Å². The summed E-state index contributed by atoms with van der Waals surface area (Å²) in [5.74, 6) is -0.00744. The summed E-state index contributed by atoms with van der Waals surface area (Å²) >= 11 is 0. The minimum atomic E-state index is -0.155. The van der Waals surface area contributed by atoms with Gasteiger partial charge in [-0.25, -0.2) is 0 Å². The van der Waals surface area contributed by atoms with Crippen LogP contribution < -0.4 is 10.2 Å². The Kier molecular flexibility index (Phi) is 5.43. The Balaban J connectivity index is 1.65. The summed E-state index contributed by atoms with van der Waals surface area (Å²) in [6.07, 6.45) is 5.66. The molecule has 0 bridgehead atoms. The third-order valence-corrected chi connectivity index (χ3v) is 4.56. The molecule has 0 aliphatic carbocycles. The van der Waals surface area contributed by atoms with Gasteiger partial charge in [-0.2, -0.15) is 0 Å². The van der Waals surface area contributed by atoms with E-state index in [1.807, 2.05) is 43.3 Å². The highest BCUT2D eigenvalue weighted by Crippen LogP contribution is 2.22. The fourth-order valence-electron chi connectivity index (χ4n) is 3.21. The van der Waals surface area contributed by atoms with Crippen LogP contribution >= 0.6 is 0 Å². The molecule has 1 saturated heterocycles. The number of amides is 2. The lowest BCUT2D eigenvalue weighted by Gasteiger charge is -2.17. The Labute approximate surface area is 148 Å². The molecule has 0 spiro atoms. The van der Waals surface area contributed by atoms with Crippen LogP contribution in [0, 0.1) is 0 Å². The first-order valence-corrected chi connectivity index (χ1v) is 8.76. The first-order chi connectivity index (χ1) is 12.2. The van der Waals surface area contributed by atoms with Gasteiger partial charge in [-0.15, -0.1) is 0 Å². The summed E-state index contributed by atoms with van der Waals surface area (Å²) in [5.41, 5.74) is 2.73. The van der Waals surface area contributed by atoms with Crippen molar-refractivity contribution in [1.82, 2.24) is 10.3 Å². The highest BCUT2D eigenvalue weighted by atomic mass is 16.2. The van der Waals surface area contributed by atoms with Gasteiger partial charge in [0.15, 0.2) is 0 Å². The number of rotatable bonds is 6. The number of carbonyl (C=O) groups excluding carboxylic acids is 2. The maximum Gasteiger partial charge on any atom is 0.227 e. The highest BCUT2D eigenvalue weighted by Gasteiger charge is 2.22. The number of hydrogen-bond donors (Lipinski definition) is 1. The van der Waals surface area contributed by atoms with E-state index < -0.39 is 0 Å². The number of aromatic nitrogens is 1. The monoisotopic (exact) mass is 337 g/mol. The lowest BCUT2D eigenvalue weighted by atomic mass is 9.95. The molecule has 2 aromatic rings. The summed E-state index contributed by atoms with van der Waals surface area (Å²) in [6.45, 7) is 3.16. The molecular weight excluding hydrogens is 314 g/mol. The van der Waals surface area contributed by atoms with E-state index in [4.69, 9.17) is 0 Å². The molecule has 1 N–H and O–H groups in total. The van der Waals surface area contributed by atoms with E-state index in [2.05, 4.69) is 10.3 Å². The number of nitrogens with one attached hydrogen (secondary N) is 1. The molecule has 1 aliphatic heterocycles. The van der Waals surface area contributed by atoms with E-state index in [1.165, 1.54) is 0 Å². The van der Waals surface area contributed by atoms with Crippen molar-refractivity contribution < 1.29 is 9.59 Å². The van der Waals surface area contributed by atoms with Gasteiger partial charge in [0.05, 0.1) is 17.8 Å². The molecule has 1 aromatic heterocycles. The fraction of sp³-hybridized carbons (Fsp3) is 0.350. The summed E-state index contributed by atoms with van der Waals surface area (Å²) in [6, 6.07) is 11.7. The molecule has 1 atom stereocenters. The first-order valence-electron chi connectivity index (χ1n) is 8.76. The molecule has 5 heteroatoms. The SMILES string of the molecule is CCC(C(=O)NCc1cncc(N2CCCC2=O)c1)c1ccccc1. The van der Waals surface area contributed by atoms with Crippen LogP contribution in [0.25, 0.3) is 0 Å². The quantitative estimate of drug-likeness (QED) is 0.881. The molecule has 130 valence electrons. The predicted molar refractivity (Wildman–Crippen MR) is 97.1 cm³/mol. The molecule has 2 amide bonds. The lowest BCUT2D eigenvalue weighted by molar-refractivity contribution is -0.122. The molecule has 1 aromatic carbocycles. The van der Waals surface area contributed by atoms with E-state index in [-0.39, 0.29) is 17.7 Å². The average molecular weight is 337 g/mol. The van der Waals surface area contributed by atoms with Crippen LogP contribution in [0.4, 0.5) is 5.69 Å². The second kappa shape index (κ2) is 7.92. The Morgan fingerprint density at radius 3 is 2.76 bits per heavy atom. The maximum atomic E-state index is 12.5. The van der Waals surface area contributed by atoms with Crippen molar-refractivity contribution in [2.75, 3.05) is 11.4 Å². The topological polar surface area (TPSA) is 62.3 Å². The lowest BCUT2D eigenvalue weighted by Crippen LogP contribution is -2.29. The maximum absolute atomic E-state index is 12.5. The summed E-state index contributed by atoms with van der Waals surface area (Å²) < 4.78 is 0. The molecule has 3 rings (SSSR count). The van der Waals surface area contributed by atoms with E-state index >= 15 is 0 Å². The molecule has 1 unspecified atom stereocenters. The molecule has 25 heavy (non-hydrogen) atoms. The summed E-state index contributed by atoms with van der Waals surface area (Å²) in [4.78, 5) is 30.4. The zero-order chi connectivity index (χ0) is 17.6. The minimum absolute atomic E-state index is 0.0105. The Morgan fingerprint density at radius 2 is 2.08 bits per heavy atom. The minimum Gasteiger partial charge on any atom is -0.351 e. The first kappa shape index (κ1) is 17.1. The Morgan fingerprint density at radius 1 is 1.28 bits per heavy atom. The van der Waals surface area contributed by atoms with Gasteiger partial charge < -0.3 is 10.2 Å². The standard InChI is InChI=1S/C20H23N3O2/c1-2-18(16-7-4-3-5-8-16)20(25)22-13-15-11-17(14-21-12-15)23-10-6-9-19(23)24/h3-5,7-8,11-12,14,18H,2,6,9-10,13H2,1H3,(H,22,25). The summed E-state index contributed by atoms with van der Waals surface area (Å²) in [7, 11) is 0. The van der Waals surface area contributed by atoms with Crippen molar-refractivity contribution in [3.05, 3.63) is 59.9 Å².